The molecule has 0 saturated heterocycles. The van der Waals surface area contributed by atoms with Crippen molar-refractivity contribution in [3.8, 4) is 0 Å². The second kappa shape index (κ2) is 10.3. The molecule has 9 nitrogen and oxygen atoms in total. The van der Waals surface area contributed by atoms with Crippen molar-refractivity contribution in [2.45, 2.75) is 33.9 Å². The van der Waals surface area contributed by atoms with E-state index in [0.29, 0.717) is 22.7 Å². The highest BCUT2D eigenvalue weighted by Crippen LogP contribution is 2.21. The molecule has 1 amide bonds. The minimum absolute atomic E-state index is 0.185. The molecule has 0 aliphatic heterocycles. The number of aryl methyl sites for hydroxylation is 3. The maximum absolute atomic E-state index is 11.9. The van der Waals surface area contributed by atoms with Crippen LogP contribution in [0.4, 0.5) is 0 Å². The van der Waals surface area contributed by atoms with E-state index >= 15 is 0 Å². The first-order chi connectivity index (χ1) is 13.8. The Morgan fingerprint density at radius 2 is 1.59 bits per heavy atom. The van der Waals surface area contributed by atoms with Crippen LogP contribution >= 0.6 is 11.3 Å². The molecular weight excluding hydrogens is 392 g/mol. The highest BCUT2D eigenvalue weighted by Gasteiger charge is 2.16. The standard InChI is InChI=1S/C13H13N3O3S.C6H9N3/c1-7-3-10(20-11(7)13(18)19)12(17)16-6-9-5-14-8(2)4-15-9;1-5-3-9-6(2-7)4-8-5/h3-5H,6H2,1-2H3,(H,16,17)(H,18,19);3-4H,2,7H2,1H3. The van der Waals surface area contributed by atoms with Gasteiger partial charge in [0, 0.05) is 25.1 Å². The van der Waals surface area contributed by atoms with Crippen LogP contribution < -0.4 is 11.1 Å². The van der Waals surface area contributed by atoms with Crippen molar-refractivity contribution in [2.75, 3.05) is 0 Å². The summed E-state index contributed by atoms with van der Waals surface area (Å²) < 4.78 is 0. The van der Waals surface area contributed by atoms with Gasteiger partial charge < -0.3 is 16.2 Å². The number of amides is 1. The molecule has 29 heavy (non-hydrogen) atoms. The van der Waals surface area contributed by atoms with Crippen LogP contribution in [-0.4, -0.2) is 36.9 Å². The summed E-state index contributed by atoms with van der Waals surface area (Å²) in [7, 11) is 0. The van der Waals surface area contributed by atoms with Crippen molar-refractivity contribution in [1.82, 2.24) is 25.3 Å². The normalized spacial score (nSPS) is 10.1. The molecule has 0 aromatic carbocycles. The molecule has 0 aliphatic rings. The Morgan fingerprint density at radius 1 is 1.00 bits per heavy atom. The molecule has 0 saturated carbocycles. The van der Waals surface area contributed by atoms with Gasteiger partial charge in [-0.3, -0.25) is 24.7 Å². The predicted octanol–water partition coefficient (Wildman–Crippen LogP) is 2.03. The molecule has 10 heteroatoms. The van der Waals surface area contributed by atoms with Crippen molar-refractivity contribution in [1.29, 1.82) is 0 Å². The van der Waals surface area contributed by atoms with Crippen LogP contribution in [-0.2, 0) is 13.1 Å². The lowest BCUT2D eigenvalue weighted by Crippen LogP contribution is -2.22. The summed E-state index contributed by atoms with van der Waals surface area (Å²) in [4.78, 5) is 39.6. The van der Waals surface area contributed by atoms with Crippen LogP contribution in [0.25, 0.3) is 0 Å². The fourth-order valence-corrected chi connectivity index (χ4v) is 3.03. The van der Waals surface area contributed by atoms with Gasteiger partial charge >= 0.3 is 5.97 Å². The molecular formula is C19H22N6O3S. The zero-order valence-corrected chi connectivity index (χ0v) is 17.2. The van der Waals surface area contributed by atoms with E-state index in [4.69, 9.17) is 10.8 Å². The smallest absolute Gasteiger partial charge is 0.346 e. The van der Waals surface area contributed by atoms with Crippen LogP contribution in [0.2, 0.25) is 0 Å². The number of carbonyl (C=O) groups excluding carboxylic acids is 1. The summed E-state index contributed by atoms with van der Waals surface area (Å²) in [6.45, 7) is 6.12. The van der Waals surface area contributed by atoms with E-state index in [-0.39, 0.29) is 17.3 Å². The molecule has 3 aromatic rings. The number of hydrogen-bond donors (Lipinski definition) is 3. The Balaban J connectivity index is 0.000000278. The zero-order valence-electron chi connectivity index (χ0n) is 16.3. The number of hydrogen-bond acceptors (Lipinski definition) is 8. The molecule has 0 fully saturated rings. The Morgan fingerprint density at radius 3 is 2.03 bits per heavy atom. The number of nitrogens with two attached hydrogens (primary N) is 1. The molecule has 0 radical (unpaired) electrons. The average Bonchev–Trinajstić information content (AvgIpc) is 3.10. The number of nitrogens with one attached hydrogen (secondary N) is 1. The Bertz CT molecular complexity index is 971. The van der Waals surface area contributed by atoms with E-state index in [9.17, 15) is 9.59 Å². The summed E-state index contributed by atoms with van der Waals surface area (Å²) in [6.07, 6.45) is 6.62. The van der Waals surface area contributed by atoms with Gasteiger partial charge in [-0.1, -0.05) is 0 Å². The Hall–Kier alpha value is -3.24. The summed E-state index contributed by atoms with van der Waals surface area (Å²) in [5.74, 6) is -1.33. The van der Waals surface area contributed by atoms with Gasteiger partial charge in [0.15, 0.2) is 0 Å². The molecule has 4 N–H and O–H groups in total. The third-order valence-corrected chi connectivity index (χ3v) is 4.87. The van der Waals surface area contributed by atoms with Crippen LogP contribution in [0.3, 0.4) is 0 Å². The Kier molecular flexibility index (Phi) is 7.87. The van der Waals surface area contributed by atoms with Crippen molar-refractivity contribution >= 4 is 23.2 Å². The quantitative estimate of drug-likeness (QED) is 0.575. The van der Waals surface area contributed by atoms with Crippen molar-refractivity contribution < 1.29 is 14.7 Å². The summed E-state index contributed by atoms with van der Waals surface area (Å²) in [5.41, 5.74) is 9.09. The van der Waals surface area contributed by atoms with Crippen molar-refractivity contribution in [2.24, 2.45) is 5.73 Å². The lowest BCUT2D eigenvalue weighted by molar-refractivity contribution is 0.0701. The average molecular weight is 414 g/mol. The maximum atomic E-state index is 11.9. The van der Waals surface area contributed by atoms with Gasteiger partial charge in [-0.15, -0.1) is 11.3 Å². The van der Waals surface area contributed by atoms with E-state index in [1.807, 2.05) is 13.8 Å². The van der Waals surface area contributed by atoms with E-state index in [0.717, 1.165) is 28.4 Å². The van der Waals surface area contributed by atoms with Gasteiger partial charge in [0.05, 0.1) is 40.4 Å². The monoisotopic (exact) mass is 414 g/mol. The van der Waals surface area contributed by atoms with Crippen LogP contribution in [0.5, 0.6) is 0 Å². The first kappa shape index (κ1) is 22.1. The van der Waals surface area contributed by atoms with Gasteiger partial charge in [0.2, 0.25) is 0 Å². The topological polar surface area (TPSA) is 144 Å². The minimum atomic E-state index is -1.02. The fraction of sp³-hybridized carbons (Fsp3) is 0.263. The SMILES string of the molecule is Cc1cnc(CN)cn1.Cc1cnc(CNC(=O)c2cc(C)c(C(=O)O)s2)cn1. The molecule has 152 valence electrons. The summed E-state index contributed by atoms with van der Waals surface area (Å²) in [5, 5.41) is 11.6. The minimum Gasteiger partial charge on any atom is -0.477 e. The number of rotatable bonds is 5. The largest absolute Gasteiger partial charge is 0.477 e. The summed E-state index contributed by atoms with van der Waals surface area (Å²) in [6, 6.07) is 1.57. The van der Waals surface area contributed by atoms with Crippen LogP contribution in [0, 0.1) is 20.8 Å². The first-order valence-corrected chi connectivity index (χ1v) is 9.48. The second-order valence-corrected chi connectivity index (χ2v) is 7.17. The zero-order chi connectivity index (χ0) is 21.4. The number of aromatic carboxylic acids is 1. The number of thiophene rings is 1. The fourth-order valence-electron chi connectivity index (χ4n) is 2.10. The van der Waals surface area contributed by atoms with Gasteiger partial charge in [0.1, 0.15) is 4.88 Å². The molecule has 0 bridgehead atoms. The number of aromatic nitrogens is 4. The number of carboxylic acid groups (broad SMARTS) is 1. The predicted molar refractivity (Wildman–Crippen MR) is 109 cm³/mol. The van der Waals surface area contributed by atoms with E-state index < -0.39 is 5.97 Å². The lowest BCUT2D eigenvalue weighted by Gasteiger charge is -2.02. The van der Waals surface area contributed by atoms with E-state index in [1.165, 1.54) is 0 Å². The molecule has 0 unspecified atom stereocenters. The molecule has 0 spiro atoms. The van der Waals surface area contributed by atoms with Crippen LogP contribution in [0.15, 0.2) is 30.9 Å². The number of carbonyl (C=O) groups is 2. The highest BCUT2D eigenvalue weighted by molar-refractivity contribution is 7.16. The molecule has 3 heterocycles. The van der Waals surface area contributed by atoms with Crippen LogP contribution in [0.1, 0.15) is 47.7 Å². The first-order valence-electron chi connectivity index (χ1n) is 8.67. The lowest BCUT2D eigenvalue weighted by atomic mass is 10.2. The second-order valence-electron chi connectivity index (χ2n) is 6.11. The van der Waals surface area contributed by atoms with Gasteiger partial charge in [0.25, 0.3) is 5.91 Å². The van der Waals surface area contributed by atoms with Crippen molar-refractivity contribution in [3.05, 3.63) is 68.9 Å². The highest BCUT2D eigenvalue weighted by atomic mass is 32.1. The van der Waals surface area contributed by atoms with Gasteiger partial charge in [-0.25, -0.2) is 4.79 Å². The van der Waals surface area contributed by atoms with E-state index in [2.05, 4.69) is 25.3 Å². The van der Waals surface area contributed by atoms with E-state index in [1.54, 1.807) is 37.8 Å². The molecule has 3 rings (SSSR count). The van der Waals surface area contributed by atoms with Gasteiger partial charge in [-0.05, 0) is 32.4 Å². The molecule has 0 atom stereocenters. The number of carboxylic acids is 1. The third kappa shape index (κ3) is 6.70. The van der Waals surface area contributed by atoms with Crippen molar-refractivity contribution in [3.63, 3.8) is 0 Å². The van der Waals surface area contributed by atoms with Gasteiger partial charge in [-0.2, -0.15) is 0 Å². The molecule has 3 aromatic heterocycles. The molecule has 0 aliphatic carbocycles. The maximum Gasteiger partial charge on any atom is 0.346 e. The Labute approximate surface area is 172 Å². The third-order valence-electron chi connectivity index (χ3n) is 3.64. The summed E-state index contributed by atoms with van der Waals surface area (Å²) >= 11 is 0.966. The number of nitrogens with zero attached hydrogens (tertiary/aromatic N) is 4.